The van der Waals surface area contributed by atoms with Gasteiger partial charge >= 0.3 is 6.03 Å². The Morgan fingerprint density at radius 3 is 2.52 bits per heavy atom. The Kier molecular flexibility index (Phi) is 5.68. The molecule has 6 heteroatoms. The van der Waals surface area contributed by atoms with Crippen LogP contribution >= 0.6 is 0 Å². The Labute approximate surface area is 135 Å². The number of aromatic nitrogens is 1. The highest BCUT2D eigenvalue weighted by molar-refractivity contribution is 5.92. The van der Waals surface area contributed by atoms with Crippen molar-refractivity contribution in [3.8, 4) is 0 Å². The van der Waals surface area contributed by atoms with Crippen molar-refractivity contribution in [2.75, 3.05) is 5.32 Å². The molecule has 0 aliphatic heterocycles. The van der Waals surface area contributed by atoms with Crippen LogP contribution in [-0.2, 0) is 11.3 Å². The fourth-order valence-electron chi connectivity index (χ4n) is 1.97. The number of carbonyl (C=O) groups is 2. The lowest BCUT2D eigenvalue weighted by atomic mass is 10.2. The fraction of sp³-hybridized carbons (Fsp3) is 0.235. The van der Waals surface area contributed by atoms with Gasteiger partial charge in [0.05, 0.1) is 0 Å². The van der Waals surface area contributed by atoms with E-state index in [-0.39, 0.29) is 5.91 Å². The highest BCUT2D eigenvalue weighted by atomic mass is 16.2. The van der Waals surface area contributed by atoms with Crippen LogP contribution < -0.4 is 16.0 Å². The van der Waals surface area contributed by atoms with E-state index in [0.717, 1.165) is 11.3 Å². The largest absolute Gasteiger partial charge is 0.350 e. The molecule has 0 radical (unpaired) electrons. The van der Waals surface area contributed by atoms with E-state index >= 15 is 0 Å². The highest BCUT2D eigenvalue weighted by Gasteiger charge is 2.15. The van der Waals surface area contributed by atoms with Gasteiger partial charge in [-0.15, -0.1) is 0 Å². The molecule has 1 aromatic heterocycles. The zero-order valence-corrected chi connectivity index (χ0v) is 13.2. The molecular weight excluding hydrogens is 292 g/mol. The number of carbonyl (C=O) groups excluding carboxylic acids is 2. The summed E-state index contributed by atoms with van der Waals surface area (Å²) in [6.07, 6.45) is 0. The van der Waals surface area contributed by atoms with E-state index in [9.17, 15) is 9.59 Å². The number of rotatable bonds is 5. The Hall–Kier alpha value is -2.89. The molecule has 1 atom stereocenters. The normalized spacial score (nSPS) is 11.4. The SMILES string of the molecule is Cc1cccc(NC(=O)N[C@H](C)C(=O)NCc2ccccc2)n1. The minimum Gasteiger partial charge on any atom is -0.350 e. The molecule has 0 bridgehead atoms. The number of benzene rings is 1. The van der Waals surface area contributed by atoms with Gasteiger partial charge in [-0.05, 0) is 31.5 Å². The van der Waals surface area contributed by atoms with Gasteiger partial charge < -0.3 is 10.6 Å². The van der Waals surface area contributed by atoms with Gasteiger partial charge in [0.1, 0.15) is 11.9 Å². The molecule has 0 unspecified atom stereocenters. The van der Waals surface area contributed by atoms with Crippen LogP contribution in [0.2, 0.25) is 0 Å². The topological polar surface area (TPSA) is 83.1 Å². The molecule has 6 nitrogen and oxygen atoms in total. The summed E-state index contributed by atoms with van der Waals surface area (Å²) in [5.74, 6) is 0.195. The first-order valence-corrected chi connectivity index (χ1v) is 7.37. The van der Waals surface area contributed by atoms with Crippen LogP contribution in [0.5, 0.6) is 0 Å². The second-order valence-corrected chi connectivity index (χ2v) is 5.19. The molecule has 0 spiro atoms. The van der Waals surface area contributed by atoms with E-state index in [1.807, 2.05) is 43.3 Å². The molecule has 0 saturated heterocycles. The Bertz CT molecular complexity index is 673. The number of pyridine rings is 1. The first kappa shape index (κ1) is 16.5. The summed E-state index contributed by atoms with van der Waals surface area (Å²) in [5.41, 5.74) is 1.80. The molecule has 3 amide bonds. The summed E-state index contributed by atoms with van der Waals surface area (Å²) in [6, 6.07) is 13.8. The zero-order valence-electron chi connectivity index (χ0n) is 13.2. The van der Waals surface area contributed by atoms with Gasteiger partial charge in [-0.1, -0.05) is 36.4 Å². The van der Waals surface area contributed by atoms with Crippen molar-refractivity contribution in [2.24, 2.45) is 0 Å². The van der Waals surface area contributed by atoms with Crippen molar-refractivity contribution < 1.29 is 9.59 Å². The lowest BCUT2D eigenvalue weighted by Gasteiger charge is -2.14. The number of hydrogen-bond donors (Lipinski definition) is 3. The van der Waals surface area contributed by atoms with E-state index in [1.54, 1.807) is 19.1 Å². The van der Waals surface area contributed by atoms with Gasteiger partial charge in [0.15, 0.2) is 0 Å². The highest BCUT2D eigenvalue weighted by Crippen LogP contribution is 2.03. The second kappa shape index (κ2) is 7.93. The van der Waals surface area contributed by atoms with E-state index in [0.29, 0.717) is 12.4 Å². The molecule has 0 aliphatic rings. The van der Waals surface area contributed by atoms with Gasteiger partial charge in [-0.3, -0.25) is 10.1 Å². The van der Waals surface area contributed by atoms with Crippen molar-refractivity contribution >= 4 is 17.8 Å². The molecule has 1 aromatic carbocycles. The van der Waals surface area contributed by atoms with Crippen LogP contribution in [0.15, 0.2) is 48.5 Å². The van der Waals surface area contributed by atoms with Crippen LogP contribution in [0.4, 0.5) is 10.6 Å². The molecule has 3 N–H and O–H groups in total. The van der Waals surface area contributed by atoms with Gasteiger partial charge in [0.25, 0.3) is 0 Å². The predicted octanol–water partition coefficient (Wildman–Crippen LogP) is 2.22. The molecule has 0 saturated carbocycles. The van der Waals surface area contributed by atoms with Crippen molar-refractivity contribution in [2.45, 2.75) is 26.4 Å². The van der Waals surface area contributed by atoms with Gasteiger partial charge in [0.2, 0.25) is 5.91 Å². The summed E-state index contributed by atoms with van der Waals surface area (Å²) < 4.78 is 0. The first-order valence-electron chi connectivity index (χ1n) is 7.37. The van der Waals surface area contributed by atoms with Crippen molar-refractivity contribution in [3.63, 3.8) is 0 Å². The van der Waals surface area contributed by atoms with Gasteiger partial charge in [0, 0.05) is 12.2 Å². The number of aryl methyl sites for hydroxylation is 1. The third-order valence-electron chi connectivity index (χ3n) is 3.18. The van der Waals surface area contributed by atoms with Crippen LogP contribution in [0, 0.1) is 6.92 Å². The van der Waals surface area contributed by atoms with Crippen molar-refractivity contribution in [1.82, 2.24) is 15.6 Å². The standard InChI is InChI=1S/C17H20N4O2/c1-12-7-6-10-15(19-12)21-17(23)20-13(2)16(22)18-11-14-8-4-3-5-9-14/h3-10,13H,11H2,1-2H3,(H,18,22)(H2,19,20,21,23)/t13-/m1/s1. The molecule has 23 heavy (non-hydrogen) atoms. The predicted molar refractivity (Wildman–Crippen MR) is 88.9 cm³/mol. The van der Waals surface area contributed by atoms with Crippen molar-refractivity contribution in [1.29, 1.82) is 0 Å². The van der Waals surface area contributed by atoms with Gasteiger partial charge in [-0.25, -0.2) is 9.78 Å². The van der Waals surface area contributed by atoms with E-state index in [1.165, 1.54) is 0 Å². The molecule has 0 fully saturated rings. The van der Waals surface area contributed by atoms with E-state index < -0.39 is 12.1 Å². The average Bonchev–Trinajstić information content (AvgIpc) is 2.53. The lowest BCUT2D eigenvalue weighted by molar-refractivity contribution is -0.122. The Morgan fingerprint density at radius 1 is 1.09 bits per heavy atom. The van der Waals surface area contributed by atoms with Crippen LogP contribution in [0.1, 0.15) is 18.2 Å². The molecule has 1 heterocycles. The summed E-state index contributed by atoms with van der Waals surface area (Å²) >= 11 is 0. The van der Waals surface area contributed by atoms with E-state index in [2.05, 4.69) is 20.9 Å². The summed E-state index contributed by atoms with van der Waals surface area (Å²) in [4.78, 5) is 28.0. The molecule has 2 aromatic rings. The molecule has 2 rings (SSSR count). The summed E-state index contributed by atoms with van der Waals surface area (Å²) in [7, 11) is 0. The zero-order chi connectivity index (χ0) is 16.7. The van der Waals surface area contributed by atoms with E-state index in [4.69, 9.17) is 0 Å². The fourth-order valence-corrected chi connectivity index (χ4v) is 1.97. The number of nitrogens with zero attached hydrogens (tertiary/aromatic N) is 1. The Morgan fingerprint density at radius 2 is 1.83 bits per heavy atom. The van der Waals surface area contributed by atoms with Gasteiger partial charge in [-0.2, -0.15) is 0 Å². The molecule has 0 aliphatic carbocycles. The maximum absolute atomic E-state index is 12.0. The number of anilines is 1. The number of amides is 3. The maximum Gasteiger partial charge on any atom is 0.321 e. The number of nitrogens with one attached hydrogen (secondary N) is 3. The lowest BCUT2D eigenvalue weighted by Crippen LogP contribution is -2.46. The minimum absolute atomic E-state index is 0.249. The minimum atomic E-state index is -0.650. The smallest absolute Gasteiger partial charge is 0.321 e. The Balaban J connectivity index is 1.79. The third-order valence-corrected chi connectivity index (χ3v) is 3.18. The number of hydrogen-bond acceptors (Lipinski definition) is 3. The maximum atomic E-state index is 12.0. The van der Waals surface area contributed by atoms with Crippen LogP contribution in [-0.4, -0.2) is 23.0 Å². The van der Waals surface area contributed by atoms with Crippen LogP contribution in [0.25, 0.3) is 0 Å². The summed E-state index contributed by atoms with van der Waals surface area (Å²) in [6.45, 7) is 3.89. The quantitative estimate of drug-likeness (QED) is 0.791. The first-order chi connectivity index (χ1) is 11.0. The number of urea groups is 1. The molecule has 120 valence electrons. The average molecular weight is 312 g/mol. The third kappa shape index (κ3) is 5.43. The second-order valence-electron chi connectivity index (χ2n) is 5.19. The van der Waals surface area contributed by atoms with Crippen LogP contribution in [0.3, 0.4) is 0 Å². The summed E-state index contributed by atoms with van der Waals surface area (Å²) in [5, 5.41) is 7.96. The van der Waals surface area contributed by atoms with Crippen molar-refractivity contribution in [3.05, 3.63) is 59.8 Å². The monoisotopic (exact) mass is 312 g/mol. The molecular formula is C17H20N4O2.